The van der Waals surface area contributed by atoms with E-state index in [-0.39, 0.29) is 10.6 Å². The van der Waals surface area contributed by atoms with E-state index in [4.69, 9.17) is 21.8 Å². The maximum absolute atomic E-state index is 13.9. The van der Waals surface area contributed by atoms with Crippen LogP contribution < -0.4 is 11.5 Å². The molecule has 6 heteroatoms. The number of fused-ring (bicyclic) bond motifs is 1. The molecule has 0 saturated carbocycles. The summed E-state index contributed by atoms with van der Waals surface area (Å²) in [5, 5.41) is 0.261. The SMILES string of the molecule is Cn1c(=O)oc2cc(C(N)c3c(F)cccc3Cl)ccc21. The highest BCUT2D eigenvalue weighted by atomic mass is 35.5. The van der Waals surface area contributed by atoms with Crippen molar-refractivity contribution in [2.75, 3.05) is 0 Å². The third-order valence-corrected chi connectivity index (χ3v) is 3.82. The molecule has 0 aliphatic rings. The van der Waals surface area contributed by atoms with Gasteiger partial charge in [0.15, 0.2) is 5.58 Å². The lowest BCUT2D eigenvalue weighted by atomic mass is 9.99. The summed E-state index contributed by atoms with van der Waals surface area (Å²) in [6.07, 6.45) is 0. The number of nitrogens with zero attached hydrogens (tertiary/aromatic N) is 1. The fourth-order valence-corrected chi connectivity index (χ4v) is 2.60. The monoisotopic (exact) mass is 306 g/mol. The van der Waals surface area contributed by atoms with Gasteiger partial charge in [0, 0.05) is 17.6 Å². The van der Waals surface area contributed by atoms with Gasteiger partial charge in [-0.25, -0.2) is 9.18 Å². The standard InChI is InChI=1S/C15H12ClFN2O2/c1-19-11-6-5-8(7-12(11)21-15(19)20)14(18)13-9(16)3-2-4-10(13)17/h2-7,14H,18H2,1H3. The Morgan fingerprint density at radius 3 is 2.81 bits per heavy atom. The molecule has 2 N–H and O–H groups in total. The Bertz CT molecular complexity index is 865. The van der Waals surface area contributed by atoms with Crippen LogP contribution in [0.5, 0.6) is 0 Å². The third-order valence-electron chi connectivity index (χ3n) is 3.49. The molecule has 4 nitrogen and oxygen atoms in total. The van der Waals surface area contributed by atoms with Crippen molar-refractivity contribution >= 4 is 22.7 Å². The number of hydrogen-bond acceptors (Lipinski definition) is 3. The number of halogens is 2. The lowest BCUT2D eigenvalue weighted by Gasteiger charge is -2.15. The van der Waals surface area contributed by atoms with Gasteiger partial charge in [0.05, 0.1) is 11.6 Å². The molecule has 108 valence electrons. The fourth-order valence-electron chi connectivity index (χ4n) is 2.32. The summed E-state index contributed by atoms with van der Waals surface area (Å²) in [5.74, 6) is -0.927. The summed E-state index contributed by atoms with van der Waals surface area (Å²) < 4.78 is 20.4. The first-order chi connectivity index (χ1) is 9.99. The molecule has 3 rings (SSSR count). The van der Waals surface area contributed by atoms with E-state index in [0.717, 1.165) is 0 Å². The van der Waals surface area contributed by atoms with E-state index in [1.54, 1.807) is 31.3 Å². The molecule has 0 amide bonds. The maximum Gasteiger partial charge on any atom is 0.419 e. The Hall–Kier alpha value is -2.11. The van der Waals surface area contributed by atoms with Gasteiger partial charge in [0.1, 0.15) is 5.82 Å². The molecule has 0 spiro atoms. The minimum absolute atomic E-state index is 0.219. The number of benzene rings is 2. The first-order valence-corrected chi connectivity index (χ1v) is 6.66. The van der Waals surface area contributed by atoms with Gasteiger partial charge < -0.3 is 10.2 Å². The van der Waals surface area contributed by atoms with Crippen LogP contribution in [0, 0.1) is 5.82 Å². The van der Waals surface area contributed by atoms with Crippen molar-refractivity contribution in [1.29, 1.82) is 0 Å². The Kier molecular flexibility index (Phi) is 3.31. The molecule has 0 fully saturated rings. The first kappa shape index (κ1) is 13.9. The van der Waals surface area contributed by atoms with E-state index in [1.165, 1.54) is 16.7 Å². The minimum atomic E-state index is -0.742. The topological polar surface area (TPSA) is 61.2 Å². The van der Waals surface area contributed by atoms with Gasteiger partial charge in [-0.15, -0.1) is 0 Å². The molecule has 0 bridgehead atoms. The van der Waals surface area contributed by atoms with Gasteiger partial charge in [0.2, 0.25) is 0 Å². The van der Waals surface area contributed by atoms with E-state index in [1.807, 2.05) is 0 Å². The van der Waals surface area contributed by atoms with Crippen molar-refractivity contribution in [3.8, 4) is 0 Å². The molecule has 0 saturated heterocycles. The highest BCUT2D eigenvalue weighted by Gasteiger charge is 2.18. The van der Waals surface area contributed by atoms with Crippen molar-refractivity contribution in [2.24, 2.45) is 12.8 Å². The van der Waals surface area contributed by atoms with E-state index >= 15 is 0 Å². The summed E-state index contributed by atoms with van der Waals surface area (Å²) in [6.45, 7) is 0. The molecule has 1 heterocycles. The lowest BCUT2D eigenvalue weighted by Crippen LogP contribution is -2.14. The number of oxazole rings is 1. The van der Waals surface area contributed by atoms with E-state index in [2.05, 4.69) is 0 Å². The van der Waals surface area contributed by atoms with Crippen molar-refractivity contribution in [3.63, 3.8) is 0 Å². The minimum Gasteiger partial charge on any atom is -0.408 e. The Morgan fingerprint density at radius 2 is 2.10 bits per heavy atom. The molecular formula is C15H12ClFN2O2. The van der Waals surface area contributed by atoms with Crippen LogP contribution in [0.1, 0.15) is 17.2 Å². The molecule has 0 aliphatic carbocycles. The van der Waals surface area contributed by atoms with Crippen molar-refractivity contribution < 1.29 is 8.81 Å². The van der Waals surface area contributed by atoms with Crippen LogP contribution >= 0.6 is 11.6 Å². The maximum atomic E-state index is 13.9. The molecule has 0 radical (unpaired) electrons. The number of aryl methyl sites for hydroxylation is 1. The van der Waals surface area contributed by atoms with Gasteiger partial charge in [-0.3, -0.25) is 4.57 Å². The molecule has 1 atom stereocenters. The second kappa shape index (κ2) is 5.02. The molecule has 1 unspecified atom stereocenters. The largest absolute Gasteiger partial charge is 0.419 e. The van der Waals surface area contributed by atoms with Crippen LogP contribution in [0.4, 0.5) is 4.39 Å². The molecule has 1 aromatic heterocycles. The Labute approximate surface area is 124 Å². The normalized spacial score (nSPS) is 12.8. The van der Waals surface area contributed by atoms with Crippen LogP contribution in [0.3, 0.4) is 0 Å². The van der Waals surface area contributed by atoms with Crippen LogP contribution in [0.15, 0.2) is 45.6 Å². The highest BCUT2D eigenvalue weighted by Crippen LogP contribution is 2.30. The quantitative estimate of drug-likeness (QED) is 0.792. The van der Waals surface area contributed by atoms with Gasteiger partial charge in [-0.05, 0) is 29.8 Å². The molecule has 2 aromatic carbocycles. The summed E-state index contributed by atoms with van der Waals surface area (Å²) in [4.78, 5) is 11.5. The summed E-state index contributed by atoms with van der Waals surface area (Å²) >= 11 is 6.02. The second-order valence-corrected chi connectivity index (χ2v) is 5.17. The van der Waals surface area contributed by atoms with E-state index < -0.39 is 17.6 Å². The van der Waals surface area contributed by atoms with Crippen molar-refractivity contribution in [1.82, 2.24) is 4.57 Å². The predicted octanol–water partition coefficient (Wildman–Crippen LogP) is 2.97. The average Bonchev–Trinajstić information content (AvgIpc) is 2.73. The number of rotatable bonds is 2. The Morgan fingerprint density at radius 1 is 1.33 bits per heavy atom. The van der Waals surface area contributed by atoms with Gasteiger partial charge >= 0.3 is 5.76 Å². The predicted molar refractivity (Wildman–Crippen MR) is 78.9 cm³/mol. The van der Waals surface area contributed by atoms with Gasteiger partial charge in [-0.2, -0.15) is 0 Å². The van der Waals surface area contributed by atoms with E-state index in [9.17, 15) is 9.18 Å². The van der Waals surface area contributed by atoms with Crippen LogP contribution in [-0.2, 0) is 7.05 Å². The number of hydrogen-bond donors (Lipinski definition) is 1. The molecule has 3 aromatic rings. The summed E-state index contributed by atoms with van der Waals surface area (Å²) in [6, 6.07) is 8.74. The zero-order valence-electron chi connectivity index (χ0n) is 11.1. The molecule has 21 heavy (non-hydrogen) atoms. The van der Waals surface area contributed by atoms with Crippen molar-refractivity contribution in [2.45, 2.75) is 6.04 Å². The summed E-state index contributed by atoms with van der Waals surface area (Å²) in [7, 11) is 1.61. The molecule has 0 aliphatic heterocycles. The van der Waals surface area contributed by atoms with Crippen LogP contribution in [0.2, 0.25) is 5.02 Å². The lowest BCUT2D eigenvalue weighted by molar-refractivity contribution is 0.527. The smallest absolute Gasteiger partial charge is 0.408 e. The zero-order chi connectivity index (χ0) is 15.1. The number of aromatic nitrogens is 1. The zero-order valence-corrected chi connectivity index (χ0v) is 11.9. The third kappa shape index (κ3) is 2.24. The van der Waals surface area contributed by atoms with Gasteiger partial charge in [0.25, 0.3) is 0 Å². The molecular weight excluding hydrogens is 295 g/mol. The van der Waals surface area contributed by atoms with E-state index in [0.29, 0.717) is 16.7 Å². The number of nitrogens with two attached hydrogens (primary N) is 1. The van der Waals surface area contributed by atoms with Crippen molar-refractivity contribution in [3.05, 3.63) is 68.9 Å². The van der Waals surface area contributed by atoms with Crippen LogP contribution in [0.25, 0.3) is 11.1 Å². The van der Waals surface area contributed by atoms with Gasteiger partial charge in [-0.1, -0.05) is 23.7 Å². The fraction of sp³-hybridized carbons (Fsp3) is 0.133. The highest BCUT2D eigenvalue weighted by molar-refractivity contribution is 6.31. The second-order valence-electron chi connectivity index (χ2n) is 4.77. The average molecular weight is 307 g/mol. The Balaban J connectivity index is 2.14. The van der Waals surface area contributed by atoms with Crippen LogP contribution in [-0.4, -0.2) is 4.57 Å². The first-order valence-electron chi connectivity index (χ1n) is 6.28. The summed E-state index contributed by atoms with van der Waals surface area (Å²) in [5.41, 5.74) is 7.99.